The number of benzene rings is 2. The number of methoxy groups -OCH3 is 1. The average Bonchev–Trinajstić information content (AvgIpc) is 3.33. The maximum absolute atomic E-state index is 5.98. The first-order chi connectivity index (χ1) is 14.2. The minimum absolute atomic E-state index is 0.206. The highest BCUT2D eigenvalue weighted by molar-refractivity contribution is 5.29. The normalized spacial score (nSPS) is 19.5. The quantitative estimate of drug-likeness (QED) is 0.573. The fourth-order valence-corrected chi connectivity index (χ4v) is 4.02. The number of likely N-dealkylation sites (tertiary alicyclic amines) is 1. The predicted molar refractivity (Wildman–Crippen MR) is 112 cm³/mol. The van der Waals surface area contributed by atoms with Crippen LogP contribution in [-0.2, 0) is 24.3 Å². The monoisotopic (exact) mass is 392 g/mol. The van der Waals surface area contributed by atoms with Crippen LogP contribution in [0, 0.1) is 12.8 Å². The third-order valence-corrected chi connectivity index (χ3v) is 5.45. The number of ether oxygens (including phenoxy) is 2. The second kappa shape index (κ2) is 9.25. The van der Waals surface area contributed by atoms with E-state index in [2.05, 4.69) is 40.4 Å². The van der Waals surface area contributed by atoms with Gasteiger partial charge in [-0.3, -0.25) is 4.90 Å². The van der Waals surface area contributed by atoms with Gasteiger partial charge < -0.3 is 14.0 Å². The lowest BCUT2D eigenvalue weighted by molar-refractivity contribution is 0.0761. The molecule has 29 heavy (non-hydrogen) atoms. The van der Waals surface area contributed by atoms with E-state index < -0.39 is 0 Å². The van der Waals surface area contributed by atoms with Gasteiger partial charge >= 0.3 is 0 Å². The van der Waals surface area contributed by atoms with E-state index in [-0.39, 0.29) is 6.10 Å². The standard InChI is InChI=1S/C24H28N2O3/c1-18-11-23(29-25-18)13-21-15-26(16-24(21)27-2)14-20-9-6-10-22(12-20)28-17-19-7-4-3-5-8-19/h3-12,21,24H,13-17H2,1-2H3/t21-,24+/m1/s1. The SMILES string of the molecule is CO[C@H]1CN(Cc2cccc(OCc3ccccc3)c2)C[C@H]1Cc1cc(C)no1. The Morgan fingerprint density at radius 1 is 1.03 bits per heavy atom. The summed E-state index contributed by atoms with van der Waals surface area (Å²) in [5, 5.41) is 4.00. The average molecular weight is 392 g/mol. The van der Waals surface area contributed by atoms with Gasteiger partial charge in [-0.2, -0.15) is 0 Å². The smallest absolute Gasteiger partial charge is 0.137 e. The molecule has 0 amide bonds. The fourth-order valence-electron chi connectivity index (χ4n) is 4.02. The zero-order chi connectivity index (χ0) is 20.1. The van der Waals surface area contributed by atoms with Gasteiger partial charge in [-0.1, -0.05) is 47.6 Å². The van der Waals surface area contributed by atoms with Gasteiger partial charge in [0, 0.05) is 45.1 Å². The molecular weight excluding hydrogens is 364 g/mol. The van der Waals surface area contributed by atoms with Gasteiger partial charge in [0.25, 0.3) is 0 Å². The number of hydrogen-bond donors (Lipinski definition) is 0. The van der Waals surface area contributed by atoms with Crippen LogP contribution in [0.2, 0.25) is 0 Å². The van der Waals surface area contributed by atoms with E-state index in [0.717, 1.165) is 43.3 Å². The molecule has 1 aliphatic rings. The van der Waals surface area contributed by atoms with Crippen molar-refractivity contribution in [2.75, 3.05) is 20.2 Å². The van der Waals surface area contributed by atoms with Crippen molar-refractivity contribution >= 4 is 0 Å². The summed E-state index contributed by atoms with van der Waals surface area (Å²) in [6, 6.07) is 20.6. The zero-order valence-corrected chi connectivity index (χ0v) is 17.1. The van der Waals surface area contributed by atoms with Crippen molar-refractivity contribution in [1.29, 1.82) is 0 Å². The number of nitrogens with zero attached hydrogens (tertiary/aromatic N) is 2. The minimum Gasteiger partial charge on any atom is -0.489 e. The molecule has 0 saturated carbocycles. The largest absolute Gasteiger partial charge is 0.489 e. The van der Waals surface area contributed by atoms with Crippen molar-refractivity contribution in [3.05, 3.63) is 83.2 Å². The van der Waals surface area contributed by atoms with Crippen LogP contribution >= 0.6 is 0 Å². The van der Waals surface area contributed by atoms with Crippen molar-refractivity contribution in [2.24, 2.45) is 5.92 Å². The molecule has 1 fully saturated rings. The van der Waals surface area contributed by atoms with Crippen LogP contribution in [0.15, 0.2) is 65.2 Å². The van der Waals surface area contributed by atoms with Crippen molar-refractivity contribution in [3.63, 3.8) is 0 Å². The summed E-state index contributed by atoms with van der Waals surface area (Å²) in [6.45, 7) is 5.32. The first-order valence-corrected chi connectivity index (χ1v) is 10.1. The maximum atomic E-state index is 5.98. The molecule has 1 aliphatic heterocycles. The molecule has 2 heterocycles. The van der Waals surface area contributed by atoms with E-state index in [4.69, 9.17) is 14.0 Å². The molecule has 4 rings (SSSR count). The number of rotatable bonds is 8. The highest BCUT2D eigenvalue weighted by atomic mass is 16.5. The van der Waals surface area contributed by atoms with Crippen molar-refractivity contribution < 1.29 is 14.0 Å². The zero-order valence-electron chi connectivity index (χ0n) is 17.1. The van der Waals surface area contributed by atoms with E-state index in [1.807, 2.05) is 37.3 Å². The Hall–Kier alpha value is -2.63. The van der Waals surface area contributed by atoms with Crippen LogP contribution < -0.4 is 4.74 Å². The minimum atomic E-state index is 0.206. The molecular formula is C24H28N2O3. The lowest BCUT2D eigenvalue weighted by Gasteiger charge is -2.16. The van der Waals surface area contributed by atoms with E-state index >= 15 is 0 Å². The molecule has 1 saturated heterocycles. The highest BCUT2D eigenvalue weighted by Crippen LogP contribution is 2.26. The van der Waals surface area contributed by atoms with Gasteiger partial charge in [0.15, 0.2) is 0 Å². The lowest BCUT2D eigenvalue weighted by atomic mass is 10.0. The Kier molecular flexibility index (Phi) is 6.27. The molecule has 2 aromatic carbocycles. The molecule has 152 valence electrons. The van der Waals surface area contributed by atoms with Crippen molar-refractivity contribution in [1.82, 2.24) is 10.1 Å². The van der Waals surface area contributed by atoms with Gasteiger partial charge in [0.1, 0.15) is 18.1 Å². The van der Waals surface area contributed by atoms with Crippen LogP contribution in [0.5, 0.6) is 5.75 Å². The van der Waals surface area contributed by atoms with Gasteiger partial charge in [-0.25, -0.2) is 0 Å². The summed E-state index contributed by atoms with van der Waals surface area (Å²) in [5.41, 5.74) is 3.35. The molecule has 0 radical (unpaired) electrons. The Labute approximate surface area is 172 Å². The molecule has 0 unspecified atom stereocenters. The molecule has 0 spiro atoms. The Morgan fingerprint density at radius 3 is 2.62 bits per heavy atom. The van der Waals surface area contributed by atoms with Gasteiger partial charge in [-0.15, -0.1) is 0 Å². The molecule has 1 aromatic heterocycles. The second-order valence-electron chi connectivity index (χ2n) is 7.79. The summed E-state index contributed by atoms with van der Waals surface area (Å²) < 4.78 is 17.1. The number of aromatic nitrogens is 1. The predicted octanol–water partition coefficient (Wildman–Crippen LogP) is 4.25. The van der Waals surface area contributed by atoms with Gasteiger partial charge in [0.2, 0.25) is 0 Å². The molecule has 2 atom stereocenters. The maximum Gasteiger partial charge on any atom is 0.137 e. The first kappa shape index (κ1) is 19.7. The van der Waals surface area contributed by atoms with Crippen LogP contribution in [0.1, 0.15) is 22.6 Å². The summed E-state index contributed by atoms with van der Waals surface area (Å²) in [7, 11) is 1.80. The van der Waals surface area contributed by atoms with Crippen LogP contribution in [-0.4, -0.2) is 36.4 Å². The summed E-state index contributed by atoms with van der Waals surface area (Å²) in [6.07, 6.45) is 1.06. The van der Waals surface area contributed by atoms with Gasteiger partial charge in [0.05, 0.1) is 11.8 Å². The lowest BCUT2D eigenvalue weighted by Crippen LogP contribution is -2.23. The van der Waals surface area contributed by atoms with Crippen molar-refractivity contribution in [2.45, 2.75) is 32.6 Å². The fraction of sp³-hybridized carbons (Fsp3) is 0.375. The Balaban J connectivity index is 1.35. The molecule has 5 heteroatoms. The summed E-state index contributed by atoms with van der Waals surface area (Å²) in [4.78, 5) is 2.44. The van der Waals surface area contributed by atoms with Crippen molar-refractivity contribution in [3.8, 4) is 5.75 Å². The van der Waals surface area contributed by atoms with E-state index in [1.54, 1.807) is 7.11 Å². The second-order valence-corrected chi connectivity index (χ2v) is 7.79. The van der Waals surface area contributed by atoms with E-state index in [0.29, 0.717) is 12.5 Å². The summed E-state index contributed by atoms with van der Waals surface area (Å²) in [5.74, 6) is 2.25. The van der Waals surface area contributed by atoms with E-state index in [1.165, 1.54) is 11.1 Å². The molecule has 0 aliphatic carbocycles. The third kappa shape index (κ3) is 5.25. The molecule has 0 N–H and O–H groups in total. The van der Waals surface area contributed by atoms with Crippen LogP contribution in [0.25, 0.3) is 0 Å². The number of aryl methyl sites for hydroxylation is 1. The molecule has 0 bridgehead atoms. The third-order valence-electron chi connectivity index (χ3n) is 5.45. The topological polar surface area (TPSA) is 47.7 Å². The van der Waals surface area contributed by atoms with Crippen LogP contribution in [0.3, 0.4) is 0 Å². The molecule has 5 nitrogen and oxygen atoms in total. The van der Waals surface area contributed by atoms with Gasteiger partial charge in [-0.05, 0) is 30.2 Å². The highest BCUT2D eigenvalue weighted by Gasteiger charge is 2.33. The Bertz CT molecular complexity index is 909. The number of hydrogen-bond acceptors (Lipinski definition) is 5. The summed E-state index contributed by atoms with van der Waals surface area (Å²) >= 11 is 0. The molecule has 3 aromatic rings. The Morgan fingerprint density at radius 2 is 1.86 bits per heavy atom. The first-order valence-electron chi connectivity index (χ1n) is 10.1. The van der Waals surface area contributed by atoms with Crippen LogP contribution in [0.4, 0.5) is 0 Å². The van der Waals surface area contributed by atoms with E-state index in [9.17, 15) is 0 Å².